The first-order valence-electron chi connectivity index (χ1n) is 4.90. The summed E-state index contributed by atoms with van der Waals surface area (Å²) in [7, 11) is 0. The number of hydrogen-bond donors (Lipinski definition) is 3. The van der Waals surface area contributed by atoms with Crippen LogP contribution in [0.3, 0.4) is 0 Å². The van der Waals surface area contributed by atoms with Crippen LogP contribution in [0.1, 0.15) is 5.56 Å². The number of hydrogen-bond acceptors (Lipinski definition) is 3. The summed E-state index contributed by atoms with van der Waals surface area (Å²) < 4.78 is 0. The van der Waals surface area contributed by atoms with Gasteiger partial charge in [0, 0.05) is 6.07 Å². The number of aromatic hydroxyl groups is 3. The van der Waals surface area contributed by atoms with Crippen molar-refractivity contribution in [3.63, 3.8) is 0 Å². The normalized spacial score (nSPS) is 10.3. The molecule has 0 saturated carbocycles. The number of phenolic OH excluding ortho intramolecular Hbond substituents is 3. The summed E-state index contributed by atoms with van der Waals surface area (Å²) >= 11 is 0. The Morgan fingerprint density at radius 1 is 0.875 bits per heavy atom. The van der Waals surface area contributed by atoms with Crippen LogP contribution in [0.25, 0.3) is 11.1 Å². The van der Waals surface area contributed by atoms with E-state index in [1.165, 1.54) is 6.07 Å². The lowest BCUT2D eigenvalue weighted by atomic mass is 9.99. The van der Waals surface area contributed by atoms with E-state index in [4.69, 9.17) is 0 Å². The first-order valence-corrected chi connectivity index (χ1v) is 4.90. The molecule has 0 radical (unpaired) electrons. The van der Waals surface area contributed by atoms with Gasteiger partial charge in [0.2, 0.25) is 0 Å². The van der Waals surface area contributed by atoms with Crippen LogP contribution < -0.4 is 0 Å². The molecule has 0 aliphatic carbocycles. The lowest BCUT2D eigenvalue weighted by Gasteiger charge is -2.08. The maximum Gasteiger partial charge on any atom is 0.119 e. The van der Waals surface area contributed by atoms with Crippen LogP contribution in [0.2, 0.25) is 0 Å². The van der Waals surface area contributed by atoms with Crippen molar-refractivity contribution in [2.75, 3.05) is 0 Å². The second-order valence-electron chi connectivity index (χ2n) is 3.69. The van der Waals surface area contributed by atoms with Crippen molar-refractivity contribution >= 4 is 0 Å². The fourth-order valence-electron chi connectivity index (χ4n) is 1.69. The molecular formula is C13H12O3. The highest BCUT2D eigenvalue weighted by Crippen LogP contribution is 2.33. The predicted molar refractivity (Wildman–Crippen MR) is 61.6 cm³/mol. The molecule has 3 heteroatoms. The Kier molecular flexibility index (Phi) is 2.44. The zero-order chi connectivity index (χ0) is 11.7. The van der Waals surface area contributed by atoms with Crippen LogP contribution in [-0.2, 0) is 0 Å². The van der Waals surface area contributed by atoms with Crippen molar-refractivity contribution in [3.05, 3.63) is 42.0 Å². The fraction of sp³-hybridized carbons (Fsp3) is 0.0769. The van der Waals surface area contributed by atoms with Gasteiger partial charge in [-0.3, -0.25) is 0 Å². The first-order chi connectivity index (χ1) is 7.58. The van der Waals surface area contributed by atoms with Crippen LogP contribution in [0, 0.1) is 6.92 Å². The Bertz CT molecular complexity index is 512. The summed E-state index contributed by atoms with van der Waals surface area (Å²) in [5.74, 6) is 0.191. The largest absolute Gasteiger partial charge is 0.508 e. The molecule has 0 atom stereocenters. The third kappa shape index (κ3) is 1.80. The van der Waals surface area contributed by atoms with Gasteiger partial charge in [-0.1, -0.05) is 12.1 Å². The molecule has 0 saturated heterocycles. The van der Waals surface area contributed by atoms with Crippen molar-refractivity contribution in [2.45, 2.75) is 6.92 Å². The van der Waals surface area contributed by atoms with E-state index in [1.807, 2.05) is 6.07 Å². The van der Waals surface area contributed by atoms with Crippen LogP contribution in [0.5, 0.6) is 17.2 Å². The van der Waals surface area contributed by atoms with Gasteiger partial charge in [0.15, 0.2) is 0 Å². The fourth-order valence-corrected chi connectivity index (χ4v) is 1.69. The smallest absolute Gasteiger partial charge is 0.119 e. The van der Waals surface area contributed by atoms with Gasteiger partial charge in [0.25, 0.3) is 0 Å². The van der Waals surface area contributed by atoms with Crippen molar-refractivity contribution < 1.29 is 15.3 Å². The highest BCUT2D eigenvalue weighted by atomic mass is 16.3. The van der Waals surface area contributed by atoms with Gasteiger partial charge < -0.3 is 15.3 Å². The molecule has 0 aliphatic rings. The van der Waals surface area contributed by atoms with E-state index in [0.29, 0.717) is 11.1 Å². The highest BCUT2D eigenvalue weighted by molar-refractivity contribution is 5.72. The molecule has 3 nitrogen and oxygen atoms in total. The molecule has 0 aromatic heterocycles. The van der Waals surface area contributed by atoms with Crippen molar-refractivity contribution in [1.29, 1.82) is 0 Å². The quantitative estimate of drug-likeness (QED) is 0.686. The third-order valence-electron chi connectivity index (χ3n) is 2.52. The SMILES string of the molecule is Cc1c(O)cccc1-c1cc(O)cc(O)c1. The van der Waals surface area contributed by atoms with E-state index >= 15 is 0 Å². The third-order valence-corrected chi connectivity index (χ3v) is 2.52. The van der Waals surface area contributed by atoms with Gasteiger partial charge in [0.1, 0.15) is 17.2 Å². The lowest BCUT2D eigenvalue weighted by molar-refractivity contribution is 0.451. The average molecular weight is 216 g/mol. The Morgan fingerprint density at radius 3 is 2.12 bits per heavy atom. The van der Waals surface area contributed by atoms with Crippen molar-refractivity contribution in [1.82, 2.24) is 0 Å². The van der Waals surface area contributed by atoms with Crippen molar-refractivity contribution in [3.8, 4) is 28.4 Å². The van der Waals surface area contributed by atoms with E-state index in [1.54, 1.807) is 31.2 Å². The summed E-state index contributed by atoms with van der Waals surface area (Å²) in [5, 5.41) is 28.4. The van der Waals surface area contributed by atoms with Gasteiger partial charge in [-0.15, -0.1) is 0 Å². The Labute approximate surface area is 93.2 Å². The molecular weight excluding hydrogens is 204 g/mol. The highest BCUT2D eigenvalue weighted by Gasteiger charge is 2.07. The molecule has 0 aliphatic heterocycles. The molecule has 0 heterocycles. The molecule has 0 fully saturated rings. The predicted octanol–water partition coefficient (Wildman–Crippen LogP) is 2.78. The molecule has 2 aromatic rings. The molecule has 16 heavy (non-hydrogen) atoms. The van der Waals surface area contributed by atoms with Crippen LogP contribution in [0.15, 0.2) is 36.4 Å². The van der Waals surface area contributed by atoms with Crippen molar-refractivity contribution in [2.24, 2.45) is 0 Å². The van der Waals surface area contributed by atoms with E-state index in [0.717, 1.165) is 5.56 Å². The Balaban J connectivity index is 2.63. The van der Waals surface area contributed by atoms with Crippen LogP contribution >= 0.6 is 0 Å². The average Bonchev–Trinajstić information content (AvgIpc) is 2.20. The minimum atomic E-state index is -0.00209. The summed E-state index contributed by atoms with van der Waals surface area (Å²) in [4.78, 5) is 0. The monoisotopic (exact) mass is 216 g/mol. The topological polar surface area (TPSA) is 60.7 Å². The second-order valence-corrected chi connectivity index (χ2v) is 3.69. The Hall–Kier alpha value is -2.16. The molecule has 0 spiro atoms. The summed E-state index contributed by atoms with van der Waals surface area (Å²) in [5.41, 5.74) is 2.17. The molecule has 0 unspecified atom stereocenters. The van der Waals surface area contributed by atoms with Crippen LogP contribution in [-0.4, -0.2) is 15.3 Å². The zero-order valence-electron chi connectivity index (χ0n) is 8.81. The second kappa shape index (κ2) is 3.77. The molecule has 2 rings (SSSR count). The minimum absolute atomic E-state index is 0.00209. The summed E-state index contributed by atoms with van der Waals surface area (Å²) in [6, 6.07) is 9.49. The maximum atomic E-state index is 9.58. The van der Waals surface area contributed by atoms with Gasteiger partial charge in [-0.2, -0.15) is 0 Å². The summed E-state index contributed by atoms with van der Waals surface area (Å²) in [6.07, 6.45) is 0. The zero-order valence-corrected chi connectivity index (χ0v) is 8.81. The van der Waals surface area contributed by atoms with E-state index < -0.39 is 0 Å². The van der Waals surface area contributed by atoms with E-state index in [2.05, 4.69) is 0 Å². The first kappa shape index (κ1) is 10.4. The molecule has 3 N–H and O–H groups in total. The van der Waals surface area contributed by atoms with E-state index in [-0.39, 0.29) is 17.2 Å². The molecule has 2 aromatic carbocycles. The van der Waals surface area contributed by atoms with Gasteiger partial charge in [-0.05, 0) is 41.8 Å². The lowest BCUT2D eigenvalue weighted by Crippen LogP contribution is -1.83. The standard InChI is InChI=1S/C13H12O3/c1-8-12(3-2-4-13(8)16)9-5-10(14)7-11(15)6-9/h2-7,14-16H,1H3. The van der Waals surface area contributed by atoms with E-state index in [9.17, 15) is 15.3 Å². The Morgan fingerprint density at radius 2 is 1.50 bits per heavy atom. The molecule has 0 bridgehead atoms. The van der Waals surface area contributed by atoms with Crippen LogP contribution in [0.4, 0.5) is 0 Å². The van der Waals surface area contributed by atoms with Gasteiger partial charge >= 0.3 is 0 Å². The maximum absolute atomic E-state index is 9.58. The molecule has 82 valence electrons. The summed E-state index contributed by atoms with van der Waals surface area (Å²) in [6.45, 7) is 1.78. The number of rotatable bonds is 1. The van der Waals surface area contributed by atoms with Gasteiger partial charge in [0.05, 0.1) is 0 Å². The molecule has 0 amide bonds. The van der Waals surface area contributed by atoms with Gasteiger partial charge in [-0.25, -0.2) is 0 Å². The minimum Gasteiger partial charge on any atom is -0.508 e. The number of benzene rings is 2. The number of phenols is 3.